The van der Waals surface area contributed by atoms with E-state index in [0.717, 1.165) is 6.07 Å². The molecule has 0 unspecified atom stereocenters. The van der Waals surface area contributed by atoms with Gasteiger partial charge in [0, 0.05) is 6.54 Å². The van der Waals surface area contributed by atoms with Gasteiger partial charge in [0.05, 0.1) is 6.07 Å². The van der Waals surface area contributed by atoms with Gasteiger partial charge in [-0.2, -0.15) is 0 Å². The molecule has 72 valence electrons. The molecule has 5 heteroatoms. The van der Waals surface area contributed by atoms with Crippen LogP contribution in [-0.4, -0.2) is 17.6 Å². The summed E-state index contributed by atoms with van der Waals surface area (Å²) < 4.78 is 4.35. The molecule has 1 amide bonds. The number of nitrogens with one attached hydrogen (secondary N) is 2. The Hall–Kier alpha value is -1.52. The van der Waals surface area contributed by atoms with Crippen molar-refractivity contribution in [3.8, 4) is 0 Å². The quantitative estimate of drug-likeness (QED) is 0.711. The first-order valence-corrected chi connectivity index (χ1v) is 4.06. The molecule has 1 rings (SSSR count). The van der Waals surface area contributed by atoms with E-state index in [1.807, 2.05) is 13.8 Å². The Bertz CT molecular complexity index is 337. The maximum Gasteiger partial charge on any atom is 0.358 e. The molecule has 0 bridgehead atoms. The highest BCUT2D eigenvalue weighted by molar-refractivity contribution is 5.91. The van der Waals surface area contributed by atoms with Crippen LogP contribution >= 0.6 is 0 Å². The minimum atomic E-state index is -0.547. The van der Waals surface area contributed by atoms with Crippen LogP contribution in [0.1, 0.15) is 24.3 Å². The van der Waals surface area contributed by atoms with Gasteiger partial charge >= 0.3 is 5.63 Å². The van der Waals surface area contributed by atoms with E-state index >= 15 is 0 Å². The van der Waals surface area contributed by atoms with Crippen LogP contribution in [0, 0.1) is 5.92 Å². The van der Waals surface area contributed by atoms with Crippen LogP contribution in [0.5, 0.6) is 0 Å². The largest absolute Gasteiger partial charge is 0.358 e. The van der Waals surface area contributed by atoms with Crippen LogP contribution < -0.4 is 10.9 Å². The molecular weight excluding hydrogens is 172 g/mol. The number of amides is 1. The van der Waals surface area contributed by atoms with Crippen molar-refractivity contribution >= 4 is 5.91 Å². The average Bonchev–Trinajstić information content (AvgIpc) is 2.47. The molecule has 5 nitrogen and oxygen atoms in total. The number of hydrogen-bond acceptors (Lipinski definition) is 3. The second kappa shape index (κ2) is 3.93. The molecule has 0 saturated heterocycles. The van der Waals surface area contributed by atoms with E-state index in [1.165, 1.54) is 0 Å². The highest BCUT2D eigenvalue weighted by Gasteiger charge is 2.08. The van der Waals surface area contributed by atoms with Gasteiger partial charge in [0.1, 0.15) is 5.69 Å². The summed E-state index contributed by atoms with van der Waals surface area (Å²) in [7, 11) is 0. The van der Waals surface area contributed by atoms with E-state index in [2.05, 4.69) is 15.0 Å². The molecule has 0 radical (unpaired) electrons. The Morgan fingerprint density at radius 2 is 2.38 bits per heavy atom. The number of aromatic amines is 1. The fraction of sp³-hybridized carbons (Fsp3) is 0.500. The Balaban J connectivity index is 2.54. The minimum absolute atomic E-state index is 0.158. The maximum atomic E-state index is 11.2. The van der Waals surface area contributed by atoms with Crippen LogP contribution in [-0.2, 0) is 0 Å². The smallest absolute Gasteiger partial charge is 0.350 e. The molecule has 0 aliphatic heterocycles. The normalized spacial score (nSPS) is 10.4. The third kappa shape index (κ3) is 2.77. The predicted molar refractivity (Wildman–Crippen MR) is 46.5 cm³/mol. The topological polar surface area (TPSA) is 75.1 Å². The first kappa shape index (κ1) is 9.57. The lowest BCUT2D eigenvalue weighted by Gasteiger charge is -2.04. The highest BCUT2D eigenvalue weighted by atomic mass is 16.5. The zero-order valence-electron chi connectivity index (χ0n) is 7.59. The van der Waals surface area contributed by atoms with Crippen LogP contribution in [0.3, 0.4) is 0 Å². The van der Waals surface area contributed by atoms with Crippen molar-refractivity contribution < 1.29 is 9.32 Å². The Kier molecular flexibility index (Phi) is 2.89. The van der Waals surface area contributed by atoms with Gasteiger partial charge < -0.3 is 9.84 Å². The van der Waals surface area contributed by atoms with Crippen molar-refractivity contribution in [3.05, 3.63) is 22.2 Å². The molecule has 0 spiro atoms. The Labute approximate surface area is 75.1 Å². The number of aromatic nitrogens is 1. The third-order valence-corrected chi connectivity index (χ3v) is 1.44. The zero-order chi connectivity index (χ0) is 9.84. The van der Waals surface area contributed by atoms with Crippen molar-refractivity contribution in [3.63, 3.8) is 0 Å². The van der Waals surface area contributed by atoms with Crippen molar-refractivity contribution in [2.24, 2.45) is 5.92 Å². The first-order chi connectivity index (χ1) is 6.09. The lowest BCUT2D eigenvalue weighted by molar-refractivity contribution is 0.0940. The van der Waals surface area contributed by atoms with E-state index in [-0.39, 0.29) is 11.6 Å². The molecule has 0 saturated carbocycles. The number of H-pyrrole nitrogens is 1. The van der Waals surface area contributed by atoms with Gasteiger partial charge in [-0.15, -0.1) is 0 Å². The molecule has 1 heterocycles. The van der Waals surface area contributed by atoms with Crippen LogP contribution in [0.15, 0.2) is 15.4 Å². The van der Waals surface area contributed by atoms with E-state index < -0.39 is 5.63 Å². The molecule has 0 aromatic carbocycles. The lowest BCUT2D eigenvalue weighted by Crippen LogP contribution is -2.27. The molecule has 0 fully saturated rings. The SMILES string of the molecule is CC(C)CNC(=O)c1cc(=O)o[nH]1. The van der Waals surface area contributed by atoms with E-state index in [9.17, 15) is 9.59 Å². The molecule has 0 aliphatic carbocycles. The van der Waals surface area contributed by atoms with Gasteiger partial charge in [0.2, 0.25) is 0 Å². The number of hydrogen-bond donors (Lipinski definition) is 2. The summed E-state index contributed by atoms with van der Waals surface area (Å²) in [5, 5.41) is 4.87. The lowest BCUT2D eigenvalue weighted by atomic mass is 10.2. The van der Waals surface area contributed by atoms with Gasteiger partial charge in [-0.1, -0.05) is 13.8 Å². The fourth-order valence-corrected chi connectivity index (χ4v) is 0.786. The Morgan fingerprint density at radius 1 is 1.69 bits per heavy atom. The van der Waals surface area contributed by atoms with Gasteiger partial charge in [-0.05, 0) is 5.92 Å². The second-order valence-electron chi connectivity index (χ2n) is 3.19. The predicted octanol–water partition coefficient (Wildman–Crippen LogP) is 0.354. The summed E-state index contributed by atoms with van der Waals surface area (Å²) in [5.74, 6) is 0.0575. The number of rotatable bonds is 3. The summed E-state index contributed by atoms with van der Waals surface area (Å²) in [6.45, 7) is 4.54. The van der Waals surface area contributed by atoms with Gasteiger partial charge in [0.15, 0.2) is 0 Å². The fourth-order valence-electron chi connectivity index (χ4n) is 0.786. The van der Waals surface area contributed by atoms with Gasteiger partial charge in [0.25, 0.3) is 5.91 Å². The van der Waals surface area contributed by atoms with Crippen LogP contribution in [0.2, 0.25) is 0 Å². The van der Waals surface area contributed by atoms with Crippen LogP contribution in [0.25, 0.3) is 0 Å². The molecule has 13 heavy (non-hydrogen) atoms. The standard InChI is InChI=1S/C8H12N2O3/c1-5(2)4-9-8(12)6-3-7(11)13-10-6/h3,5,10H,4H2,1-2H3,(H,9,12). The van der Waals surface area contributed by atoms with Gasteiger partial charge in [-0.25, -0.2) is 9.95 Å². The van der Waals surface area contributed by atoms with Crippen molar-refractivity contribution in [2.75, 3.05) is 6.54 Å². The van der Waals surface area contributed by atoms with E-state index in [0.29, 0.717) is 12.5 Å². The monoisotopic (exact) mass is 184 g/mol. The van der Waals surface area contributed by atoms with Crippen molar-refractivity contribution in [1.82, 2.24) is 10.5 Å². The average molecular weight is 184 g/mol. The maximum absolute atomic E-state index is 11.2. The number of carbonyl (C=O) groups excluding carboxylic acids is 1. The molecule has 1 aromatic heterocycles. The zero-order valence-corrected chi connectivity index (χ0v) is 7.59. The third-order valence-electron chi connectivity index (χ3n) is 1.44. The summed E-state index contributed by atoms with van der Waals surface area (Å²) in [6, 6.07) is 1.12. The summed E-state index contributed by atoms with van der Waals surface area (Å²) in [4.78, 5) is 21.8. The summed E-state index contributed by atoms with van der Waals surface area (Å²) in [6.07, 6.45) is 0. The molecular formula is C8H12N2O3. The van der Waals surface area contributed by atoms with Crippen molar-refractivity contribution in [2.45, 2.75) is 13.8 Å². The first-order valence-electron chi connectivity index (χ1n) is 4.06. The van der Waals surface area contributed by atoms with E-state index in [4.69, 9.17) is 0 Å². The van der Waals surface area contributed by atoms with Crippen molar-refractivity contribution in [1.29, 1.82) is 0 Å². The molecule has 0 atom stereocenters. The summed E-state index contributed by atoms with van der Waals surface area (Å²) in [5.41, 5.74) is -0.389. The molecule has 2 N–H and O–H groups in total. The molecule has 0 aliphatic rings. The minimum Gasteiger partial charge on any atom is -0.350 e. The number of carbonyl (C=O) groups is 1. The molecule has 1 aromatic rings. The second-order valence-corrected chi connectivity index (χ2v) is 3.19. The van der Waals surface area contributed by atoms with Gasteiger partial charge in [-0.3, -0.25) is 4.79 Å². The van der Waals surface area contributed by atoms with E-state index in [1.54, 1.807) is 0 Å². The van der Waals surface area contributed by atoms with Crippen LogP contribution in [0.4, 0.5) is 0 Å². The Morgan fingerprint density at radius 3 is 2.85 bits per heavy atom. The highest BCUT2D eigenvalue weighted by Crippen LogP contribution is 1.92. The summed E-state index contributed by atoms with van der Waals surface area (Å²) >= 11 is 0.